The fraction of sp³-hybridized carbons (Fsp3) is 0.429. The molecule has 1 aromatic heterocycles. The molecule has 0 spiro atoms. The van der Waals surface area contributed by atoms with Crippen LogP contribution in [0.4, 0.5) is 5.69 Å². The van der Waals surface area contributed by atoms with E-state index in [9.17, 15) is 4.79 Å². The molecule has 1 atom stereocenters. The summed E-state index contributed by atoms with van der Waals surface area (Å²) in [6.07, 6.45) is 1.60. The zero-order valence-corrected chi connectivity index (χ0v) is 17.0. The predicted molar refractivity (Wildman–Crippen MR) is 107 cm³/mol. The zero-order valence-electron chi connectivity index (χ0n) is 16.2. The summed E-state index contributed by atoms with van der Waals surface area (Å²) >= 11 is 5.99. The number of nitrogens with zero attached hydrogens (tertiary/aromatic N) is 1. The first-order valence-electron chi connectivity index (χ1n) is 9.02. The summed E-state index contributed by atoms with van der Waals surface area (Å²) in [5.41, 5.74) is 3.23. The average Bonchev–Trinajstić information content (AvgIpc) is 2.56. The molecule has 5 heteroatoms. The number of rotatable bonds is 6. The lowest BCUT2D eigenvalue weighted by molar-refractivity contribution is -0.692. The molecule has 2 rings (SSSR count). The molecule has 0 aliphatic rings. The minimum absolute atomic E-state index is 0.0862. The fourth-order valence-corrected chi connectivity index (χ4v) is 3.08. The molecule has 0 aliphatic heterocycles. The third-order valence-electron chi connectivity index (χ3n) is 4.47. The van der Waals surface area contributed by atoms with E-state index in [1.54, 1.807) is 18.3 Å². The van der Waals surface area contributed by atoms with Crippen molar-refractivity contribution in [3.63, 3.8) is 0 Å². The number of anilines is 1. The van der Waals surface area contributed by atoms with Crippen LogP contribution in [0.25, 0.3) is 0 Å². The van der Waals surface area contributed by atoms with Crippen LogP contribution in [0.15, 0.2) is 42.6 Å². The highest BCUT2D eigenvalue weighted by molar-refractivity contribution is 6.32. The lowest BCUT2D eigenvalue weighted by Gasteiger charge is -2.22. The van der Waals surface area contributed by atoms with Crippen LogP contribution in [0, 0.1) is 5.92 Å². The Labute approximate surface area is 161 Å². The van der Waals surface area contributed by atoms with E-state index in [2.05, 4.69) is 74.5 Å². The van der Waals surface area contributed by atoms with Gasteiger partial charge in [-0.25, -0.2) is 4.98 Å². The first-order chi connectivity index (χ1) is 12.2. The Hall–Kier alpha value is -1.91. The molecule has 0 bridgehead atoms. The summed E-state index contributed by atoms with van der Waals surface area (Å²) in [5.74, 6) is 0.321. The van der Waals surface area contributed by atoms with Gasteiger partial charge >= 0.3 is 0 Å². The molecular formula is C21H29ClN3O+. The number of nitrogens with two attached hydrogens (primary N) is 1. The Balaban J connectivity index is 2.02. The van der Waals surface area contributed by atoms with Crippen molar-refractivity contribution in [2.75, 3.05) is 11.9 Å². The predicted octanol–water partition coefficient (Wildman–Crippen LogP) is 3.93. The smallest absolute Gasteiger partial charge is 0.279 e. The van der Waals surface area contributed by atoms with E-state index >= 15 is 0 Å². The van der Waals surface area contributed by atoms with Crippen molar-refractivity contribution in [2.45, 2.75) is 46.1 Å². The highest BCUT2D eigenvalue weighted by atomic mass is 35.5. The summed E-state index contributed by atoms with van der Waals surface area (Å²) in [4.78, 5) is 16.3. The van der Waals surface area contributed by atoms with Gasteiger partial charge in [0.05, 0.1) is 5.69 Å². The number of amides is 1. The third kappa shape index (κ3) is 5.55. The van der Waals surface area contributed by atoms with Crippen molar-refractivity contribution >= 4 is 23.2 Å². The van der Waals surface area contributed by atoms with Gasteiger partial charge in [-0.15, -0.1) is 0 Å². The molecule has 0 radical (unpaired) electrons. The number of nitrogens with one attached hydrogen (secondary N) is 1. The van der Waals surface area contributed by atoms with Crippen molar-refractivity contribution in [3.8, 4) is 0 Å². The SMILES string of the molecule is CC(C)[C@@H]([NH2+]CC(=O)Nc1cccnc1Cl)c1ccc(C(C)(C)C)cc1. The molecule has 0 unspecified atom stereocenters. The van der Waals surface area contributed by atoms with Gasteiger partial charge in [0.25, 0.3) is 5.91 Å². The fourth-order valence-electron chi connectivity index (χ4n) is 2.91. The van der Waals surface area contributed by atoms with E-state index in [0.717, 1.165) is 0 Å². The second kappa shape index (κ2) is 8.65. The van der Waals surface area contributed by atoms with Gasteiger partial charge in [-0.1, -0.05) is 70.5 Å². The first kappa shape index (κ1) is 20.4. The Morgan fingerprint density at radius 1 is 1.19 bits per heavy atom. The highest BCUT2D eigenvalue weighted by Gasteiger charge is 2.22. The molecule has 0 aliphatic carbocycles. The summed E-state index contributed by atoms with van der Waals surface area (Å²) < 4.78 is 0. The summed E-state index contributed by atoms with van der Waals surface area (Å²) in [6.45, 7) is 11.3. The van der Waals surface area contributed by atoms with Crippen LogP contribution in [0.1, 0.15) is 51.8 Å². The van der Waals surface area contributed by atoms with Gasteiger partial charge in [-0.05, 0) is 23.1 Å². The second-order valence-corrected chi connectivity index (χ2v) is 8.33. The van der Waals surface area contributed by atoms with Crippen LogP contribution in [0.5, 0.6) is 0 Å². The van der Waals surface area contributed by atoms with Crippen LogP contribution in [-0.4, -0.2) is 17.4 Å². The van der Waals surface area contributed by atoms with Crippen molar-refractivity contribution in [1.82, 2.24) is 4.98 Å². The standard InChI is InChI=1S/C21H28ClN3O/c1-14(2)19(15-8-10-16(11-9-15)21(3,4)5)24-13-18(26)25-17-7-6-12-23-20(17)22/h6-12,14,19,24H,13H2,1-5H3,(H,25,26)/p+1/t19-/m1/s1. The van der Waals surface area contributed by atoms with Crippen LogP contribution in [0.2, 0.25) is 5.15 Å². The monoisotopic (exact) mass is 374 g/mol. The Morgan fingerprint density at radius 3 is 2.38 bits per heavy atom. The number of aromatic nitrogens is 1. The van der Waals surface area contributed by atoms with Gasteiger partial charge in [-0.3, -0.25) is 4.79 Å². The van der Waals surface area contributed by atoms with Gasteiger partial charge in [0.15, 0.2) is 11.7 Å². The van der Waals surface area contributed by atoms with Gasteiger partial charge in [0, 0.05) is 17.7 Å². The normalized spacial score (nSPS) is 12.9. The molecule has 4 nitrogen and oxygen atoms in total. The quantitative estimate of drug-likeness (QED) is 0.752. The van der Waals surface area contributed by atoms with Crippen molar-refractivity contribution in [1.29, 1.82) is 0 Å². The topological polar surface area (TPSA) is 58.6 Å². The summed E-state index contributed by atoms with van der Waals surface area (Å²) in [6, 6.07) is 12.5. The third-order valence-corrected chi connectivity index (χ3v) is 4.77. The molecule has 1 amide bonds. The van der Waals surface area contributed by atoms with Crippen LogP contribution in [-0.2, 0) is 10.2 Å². The summed E-state index contributed by atoms with van der Waals surface area (Å²) in [7, 11) is 0. The molecule has 26 heavy (non-hydrogen) atoms. The highest BCUT2D eigenvalue weighted by Crippen LogP contribution is 2.25. The van der Waals surface area contributed by atoms with E-state index in [-0.39, 0.29) is 17.4 Å². The Bertz CT molecular complexity index is 736. The molecule has 0 saturated carbocycles. The maximum absolute atomic E-state index is 12.3. The van der Waals surface area contributed by atoms with E-state index < -0.39 is 0 Å². The largest absolute Gasteiger partial charge is 0.332 e. The van der Waals surface area contributed by atoms with Crippen LogP contribution >= 0.6 is 11.6 Å². The molecule has 1 aromatic carbocycles. The molecule has 0 saturated heterocycles. The van der Waals surface area contributed by atoms with Crippen molar-refractivity contribution in [2.24, 2.45) is 5.92 Å². The van der Waals surface area contributed by atoms with Crippen LogP contribution in [0.3, 0.4) is 0 Å². The van der Waals surface area contributed by atoms with E-state index in [1.165, 1.54) is 11.1 Å². The van der Waals surface area contributed by atoms with E-state index in [4.69, 9.17) is 11.6 Å². The minimum atomic E-state index is -0.0862. The Kier molecular flexibility index (Phi) is 6.79. The van der Waals surface area contributed by atoms with Gasteiger partial charge in [0.1, 0.15) is 6.04 Å². The number of halogens is 1. The number of pyridine rings is 1. The van der Waals surface area contributed by atoms with E-state index in [1.807, 2.05) is 0 Å². The van der Waals surface area contributed by atoms with E-state index in [0.29, 0.717) is 23.3 Å². The lowest BCUT2D eigenvalue weighted by atomic mass is 9.85. The molecule has 0 fully saturated rings. The van der Waals surface area contributed by atoms with Gasteiger partial charge in [-0.2, -0.15) is 0 Å². The molecular weight excluding hydrogens is 346 g/mol. The molecule has 3 N–H and O–H groups in total. The maximum atomic E-state index is 12.3. The number of carbonyl (C=O) groups excluding carboxylic acids is 1. The summed E-state index contributed by atoms with van der Waals surface area (Å²) in [5, 5.41) is 5.20. The van der Waals surface area contributed by atoms with Gasteiger partial charge in [0.2, 0.25) is 0 Å². The Morgan fingerprint density at radius 2 is 1.85 bits per heavy atom. The molecule has 1 heterocycles. The number of hydrogen-bond donors (Lipinski definition) is 2. The lowest BCUT2D eigenvalue weighted by Crippen LogP contribution is -2.88. The van der Waals surface area contributed by atoms with Gasteiger partial charge < -0.3 is 10.6 Å². The minimum Gasteiger partial charge on any atom is -0.332 e. The van der Waals surface area contributed by atoms with Crippen LogP contribution < -0.4 is 10.6 Å². The maximum Gasteiger partial charge on any atom is 0.279 e. The number of carbonyl (C=O) groups is 1. The number of benzene rings is 1. The number of quaternary nitrogens is 1. The van der Waals surface area contributed by atoms with Crippen molar-refractivity contribution in [3.05, 3.63) is 58.9 Å². The average molecular weight is 375 g/mol. The van der Waals surface area contributed by atoms with Crippen molar-refractivity contribution < 1.29 is 10.1 Å². The zero-order chi connectivity index (χ0) is 19.3. The first-order valence-corrected chi connectivity index (χ1v) is 9.40. The second-order valence-electron chi connectivity index (χ2n) is 7.97. The molecule has 140 valence electrons. The molecule has 2 aromatic rings. The number of hydrogen-bond acceptors (Lipinski definition) is 2.